The van der Waals surface area contributed by atoms with Crippen molar-refractivity contribution < 1.29 is 23.0 Å². The molecule has 0 radical (unpaired) electrons. The Hall–Kier alpha value is -1.24. The Labute approximate surface area is 105 Å². The number of halogens is 2. The van der Waals surface area contributed by atoms with Gasteiger partial charge in [-0.25, -0.2) is 8.78 Å². The lowest BCUT2D eigenvalue weighted by Crippen LogP contribution is -2.18. The van der Waals surface area contributed by atoms with Crippen LogP contribution in [0.1, 0.15) is 5.56 Å². The molecule has 1 rings (SSSR count). The monoisotopic (exact) mass is 261 g/mol. The van der Waals surface area contributed by atoms with Crippen molar-refractivity contribution in [1.29, 1.82) is 0 Å². The van der Waals surface area contributed by atoms with E-state index < -0.39 is 17.4 Å². The van der Waals surface area contributed by atoms with Gasteiger partial charge < -0.3 is 19.5 Å². The van der Waals surface area contributed by atoms with Gasteiger partial charge in [0.25, 0.3) is 0 Å². The number of benzene rings is 1. The van der Waals surface area contributed by atoms with Gasteiger partial charge in [-0.15, -0.1) is 0 Å². The molecule has 1 aromatic rings. The number of hydrogen-bond donors (Lipinski definition) is 1. The normalized spacial score (nSPS) is 10.7. The molecule has 102 valence electrons. The quantitative estimate of drug-likeness (QED) is 0.571. The number of rotatable bonds is 8. The first kappa shape index (κ1) is 14.8. The molecule has 0 bridgehead atoms. The molecule has 0 aliphatic heterocycles. The highest BCUT2D eigenvalue weighted by Gasteiger charge is 2.12. The van der Waals surface area contributed by atoms with Crippen LogP contribution in [0.5, 0.6) is 5.75 Å². The molecule has 0 amide bonds. The van der Waals surface area contributed by atoms with Crippen LogP contribution in [0.4, 0.5) is 8.78 Å². The molecule has 0 aliphatic rings. The summed E-state index contributed by atoms with van der Waals surface area (Å²) in [7, 11) is 2.97. The van der Waals surface area contributed by atoms with Gasteiger partial charge in [0, 0.05) is 27.3 Å². The van der Waals surface area contributed by atoms with Gasteiger partial charge in [0.1, 0.15) is 0 Å². The molecule has 0 atom stereocenters. The van der Waals surface area contributed by atoms with E-state index >= 15 is 0 Å². The fourth-order valence-corrected chi connectivity index (χ4v) is 1.38. The van der Waals surface area contributed by atoms with Gasteiger partial charge >= 0.3 is 0 Å². The van der Waals surface area contributed by atoms with Crippen LogP contribution in [0.2, 0.25) is 0 Å². The van der Waals surface area contributed by atoms with Crippen LogP contribution >= 0.6 is 0 Å². The van der Waals surface area contributed by atoms with Crippen molar-refractivity contribution in [3.8, 4) is 5.75 Å². The van der Waals surface area contributed by atoms with E-state index in [1.807, 2.05) is 0 Å². The van der Waals surface area contributed by atoms with Crippen molar-refractivity contribution in [2.24, 2.45) is 0 Å². The van der Waals surface area contributed by atoms with E-state index in [9.17, 15) is 8.78 Å². The molecule has 0 saturated carbocycles. The maximum atomic E-state index is 13.5. The van der Waals surface area contributed by atoms with Crippen LogP contribution in [0.15, 0.2) is 12.1 Å². The zero-order chi connectivity index (χ0) is 13.4. The lowest BCUT2D eigenvalue weighted by Gasteiger charge is -2.10. The van der Waals surface area contributed by atoms with E-state index in [4.69, 9.17) is 9.47 Å². The molecule has 0 fully saturated rings. The van der Waals surface area contributed by atoms with Crippen LogP contribution in [-0.2, 0) is 16.0 Å². The van der Waals surface area contributed by atoms with Crippen molar-refractivity contribution in [3.05, 3.63) is 29.3 Å². The van der Waals surface area contributed by atoms with Crippen molar-refractivity contribution in [2.45, 2.75) is 6.54 Å². The Kier molecular flexibility index (Phi) is 6.56. The number of methoxy groups -OCH3 is 2. The van der Waals surface area contributed by atoms with E-state index in [-0.39, 0.29) is 6.79 Å². The summed E-state index contributed by atoms with van der Waals surface area (Å²) >= 11 is 0. The maximum Gasteiger partial charge on any atom is 0.193 e. The lowest BCUT2D eigenvalue weighted by atomic mass is 10.2. The van der Waals surface area contributed by atoms with Gasteiger partial charge in [-0.05, 0) is 17.7 Å². The number of nitrogens with one attached hydrogen (secondary N) is 1. The first-order chi connectivity index (χ1) is 8.69. The van der Waals surface area contributed by atoms with Crippen molar-refractivity contribution in [2.75, 3.05) is 34.2 Å². The second-order valence-electron chi connectivity index (χ2n) is 3.61. The lowest BCUT2D eigenvalue weighted by molar-refractivity contribution is 0.0452. The minimum Gasteiger partial charge on any atom is -0.461 e. The fraction of sp³-hybridized carbons (Fsp3) is 0.500. The highest BCUT2D eigenvalue weighted by atomic mass is 19.1. The van der Waals surface area contributed by atoms with Crippen LogP contribution in [0.25, 0.3) is 0 Å². The summed E-state index contributed by atoms with van der Waals surface area (Å²) in [5, 5.41) is 3.00. The molecule has 0 unspecified atom stereocenters. The van der Waals surface area contributed by atoms with Crippen LogP contribution in [0.3, 0.4) is 0 Å². The minimum atomic E-state index is -0.740. The molecule has 6 heteroatoms. The Bertz CT molecular complexity index is 351. The van der Waals surface area contributed by atoms with E-state index in [2.05, 4.69) is 10.1 Å². The molecule has 0 saturated heterocycles. The van der Waals surface area contributed by atoms with Crippen molar-refractivity contribution in [1.82, 2.24) is 5.32 Å². The second kappa shape index (κ2) is 7.97. The van der Waals surface area contributed by atoms with Gasteiger partial charge in [0.2, 0.25) is 0 Å². The third-order valence-corrected chi connectivity index (χ3v) is 2.19. The van der Waals surface area contributed by atoms with Crippen molar-refractivity contribution in [3.63, 3.8) is 0 Å². The third-order valence-electron chi connectivity index (χ3n) is 2.19. The van der Waals surface area contributed by atoms with Crippen LogP contribution < -0.4 is 10.1 Å². The summed E-state index contributed by atoms with van der Waals surface area (Å²) in [6, 6.07) is 2.46. The van der Waals surface area contributed by atoms with Gasteiger partial charge in [-0.2, -0.15) is 0 Å². The predicted molar refractivity (Wildman–Crippen MR) is 62.4 cm³/mol. The zero-order valence-electron chi connectivity index (χ0n) is 10.5. The second-order valence-corrected chi connectivity index (χ2v) is 3.61. The maximum absolute atomic E-state index is 13.5. The zero-order valence-corrected chi connectivity index (χ0v) is 10.5. The summed E-state index contributed by atoms with van der Waals surface area (Å²) < 4.78 is 41.3. The third kappa shape index (κ3) is 4.56. The molecule has 1 aromatic carbocycles. The standard InChI is InChI=1S/C12H17F2NO3/c1-16-4-3-15-7-9-5-10(13)12(11(14)6-9)18-8-17-2/h5-6,15H,3-4,7-8H2,1-2H3. The highest BCUT2D eigenvalue weighted by molar-refractivity contribution is 5.31. The SMILES string of the molecule is COCCNCc1cc(F)c(OCOC)c(F)c1. The van der Waals surface area contributed by atoms with E-state index in [1.54, 1.807) is 7.11 Å². The number of hydrogen-bond acceptors (Lipinski definition) is 4. The molecule has 0 heterocycles. The van der Waals surface area contributed by atoms with E-state index in [0.717, 1.165) is 0 Å². The van der Waals surface area contributed by atoms with Gasteiger partial charge in [-0.3, -0.25) is 0 Å². The van der Waals surface area contributed by atoms with E-state index in [0.29, 0.717) is 25.3 Å². The summed E-state index contributed by atoms with van der Waals surface area (Å²) in [5.74, 6) is -1.90. The summed E-state index contributed by atoms with van der Waals surface area (Å²) in [6.07, 6.45) is 0. The first-order valence-corrected chi connectivity index (χ1v) is 5.48. The first-order valence-electron chi connectivity index (χ1n) is 5.48. The predicted octanol–water partition coefficient (Wildman–Crippen LogP) is 1.68. The fourth-order valence-electron chi connectivity index (χ4n) is 1.38. The van der Waals surface area contributed by atoms with Gasteiger partial charge in [-0.1, -0.05) is 0 Å². The molecular formula is C12H17F2NO3. The highest BCUT2D eigenvalue weighted by Crippen LogP contribution is 2.23. The Balaban J connectivity index is 2.61. The van der Waals surface area contributed by atoms with E-state index in [1.165, 1.54) is 19.2 Å². The molecule has 0 aliphatic carbocycles. The Morgan fingerprint density at radius 3 is 2.33 bits per heavy atom. The average molecular weight is 261 g/mol. The molecule has 4 nitrogen and oxygen atoms in total. The summed E-state index contributed by atoms with van der Waals surface area (Å²) in [4.78, 5) is 0. The average Bonchev–Trinajstić information content (AvgIpc) is 2.34. The topological polar surface area (TPSA) is 39.7 Å². The Morgan fingerprint density at radius 1 is 1.11 bits per heavy atom. The van der Waals surface area contributed by atoms with Crippen molar-refractivity contribution >= 4 is 0 Å². The van der Waals surface area contributed by atoms with Crippen LogP contribution in [-0.4, -0.2) is 34.2 Å². The van der Waals surface area contributed by atoms with Crippen LogP contribution in [0, 0.1) is 11.6 Å². The smallest absolute Gasteiger partial charge is 0.193 e. The number of ether oxygens (including phenoxy) is 3. The molecule has 0 spiro atoms. The molecule has 1 N–H and O–H groups in total. The molecular weight excluding hydrogens is 244 g/mol. The van der Waals surface area contributed by atoms with Gasteiger partial charge in [0.05, 0.1) is 6.61 Å². The molecule has 18 heavy (non-hydrogen) atoms. The largest absolute Gasteiger partial charge is 0.461 e. The summed E-state index contributed by atoms with van der Waals surface area (Å²) in [5.41, 5.74) is 0.505. The summed E-state index contributed by atoms with van der Waals surface area (Å²) in [6.45, 7) is 1.32. The van der Waals surface area contributed by atoms with Gasteiger partial charge in [0.15, 0.2) is 24.2 Å². The minimum absolute atomic E-state index is 0.195. The molecule has 0 aromatic heterocycles. The Morgan fingerprint density at radius 2 is 1.78 bits per heavy atom.